The fraction of sp³-hybridized carbons (Fsp3) is 0.806. The van der Waals surface area contributed by atoms with E-state index in [1.54, 1.807) is 10.7 Å². The zero-order valence-corrected chi connectivity index (χ0v) is 29.4. The van der Waals surface area contributed by atoms with Gasteiger partial charge in [-0.1, -0.05) is 0 Å². The van der Waals surface area contributed by atoms with Crippen LogP contribution in [0.25, 0.3) is 0 Å². The van der Waals surface area contributed by atoms with Gasteiger partial charge in [-0.2, -0.15) is 0 Å². The predicted molar refractivity (Wildman–Crippen MR) is 164 cm³/mol. The van der Waals surface area contributed by atoms with Crippen molar-refractivity contribution in [3.63, 3.8) is 0 Å². The van der Waals surface area contributed by atoms with Gasteiger partial charge in [0.05, 0.1) is 0 Å². The molecule has 0 amide bonds. The summed E-state index contributed by atoms with van der Waals surface area (Å²) < 4.78 is 18.7. The molecule has 1 aromatic rings. The first kappa shape index (κ1) is 34.0. The summed E-state index contributed by atoms with van der Waals surface area (Å²) in [7, 11) is -0.250. The molecule has 0 aliphatic heterocycles. The van der Waals surface area contributed by atoms with Gasteiger partial charge >= 0.3 is 231 Å². The van der Waals surface area contributed by atoms with Crippen LogP contribution in [0.4, 0.5) is 0 Å². The number of methoxy groups -OCH3 is 1. The molecule has 1 aromatic carbocycles. The third kappa shape index (κ3) is 8.48. The molecule has 1 rings (SSSR count). The number of hydrogen-bond donors (Lipinski definition) is 1. The zero-order valence-electron chi connectivity index (χ0n) is 25.6. The van der Waals surface area contributed by atoms with Crippen molar-refractivity contribution in [3.05, 3.63) is 23.8 Å². The second kappa shape index (κ2) is 16.8. The van der Waals surface area contributed by atoms with Crippen LogP contribution in [0.1, 0.15) is 112 Å². The molecule has 5 heteroatoms. The molecule has 0 aliphatic rings. The van der Waals surface area contributed by atoms with Crippen LogP contribution < -0.4 is 8.32 Å². The molecule has 0 aromatic heterocycles. The Balaban J connectivity index is 3.63. The Morgan fingerprint density at radius 1 is 0.806 bits per heavy atom. The van der Waals surface area contributed by atoms with Crippen molar-refractivity contribution in [2.45, 2.75) is 137 Å². The van der Waals surface area contributed by atoms with E-state index in [0.29, 0.717) is 23.2 Å². The number of benzene rings is 1. The quantitative estimate of drug-likeness (QED) is 0.156. The van der Waals surface area contributed by atoms with Gasteiger partial charge in [-0.05, 0) is 0 Å². The number of aliphatic hydroxyl groups is 1. The Kier molecular flexibility index (Phi) is 15.9. The van der Waals surface area contributed by atoms with Crippen molar-refractivity contribution in [3.8, 4) is 5.75 Å². The summed E-state index contributed by atoms with van der Waals surface area (Å²) in [4.78, 5) is 0. The van der Waals surface area contributed by atoms with Crippen LogP contribution in [0.3, 0.4) is 0 Å². The topological polar surface area (TPSA) is 38.7 Å². The molecule has 1 atom stereocenters. The van der Waals surface area contributed by atoms with Gasteiger partial charge in [-0.3, -0.25) is 0 Å². The maximum atomic E-state index is 10.8. The monoisotopic (exact) mass is 628 g/mol. The van der Waals surface area contributed by atoms with Gasteiger partial charge in [0.15, 0.2) is 0 Å². The van der Waals surface area contributed by atoms with Gasteiger partial charge in [0, 0.05) is 0 Å². The van der Waals surface area contributed by atoms with E-state index in [2.05, 4.69) is 80.5 Å². The van der Waals surface area contributed by atoms with Gasteiger partial charge in [0.1, 0.15) is 0 Å². The molecule has 0 bridgehead atoms. The molecule has 0 fully saturated rings. The van der Waals surface area contributed by atoms with Crippen LogP contribution in [0.2, 0.25) is 29.9 Å². The van der Waals surface area contributed by atoms with Gasteiger partial charge in [-0.15, -0.1) is 0 Å². The van der Waals surface area contributed by atoms with Crippen molar-refractivity contribution in [1.82, 2.24) is 0 Å². The average Bonchev–Trinajstić information content (AvgIpc) is 2.85. The first-order valence-corrected chi connectivity index (χ1v) is 24.6. The Bertz CT molecular complexity index is 691. The van der Waals surface area contributed by atoms with Crippen LogP contribution in [0.5, 0.6) is 5.75 Å². The number of rotatable bonds is 19. The molecule has 1 N–H and O–H groups in total. The SMILES string of the molecule is CCC[CH2][Sn]([CH2]CCC)([CH2]CCC)[c]1ccc(OC)cc1[C@@H](CO)CO[Si](C(C)C)(C(C)C)C(C)C. The van der Waals surface area contributed by atoms with E-state index in [4.69, 9.17) is 9.16 Å². The summed E-state index contributed by atoms with van der Waals surface area (Å²) in [5, 5.41) is 10.8. The van der Waals surface area contributed by atoms with Crippen molar-refractivity contribution in [2.75, 3.05) is 20.3 Å². The van der Waals surface area contributed by atoms with Crippen LogP contribution in [-0.2, 0) is 4.43 Å². The maximum absolute atomic E-state index is 10.8. The Morgan fingerprint density at radius 3 is 1.64 bits per heavy atom. The molecular formula is C31H60O3SiSn. The standard InChI is InChI=1S/C19H33O3Si.3C4H9.Sn/c1-14(2)23(15(3)4,16(5)6)22-13-18(12-20)17-9-8-10-19(11-17)21-7;3*1-3-4-2;/h8,10-11,14-16,18,20H,12-13H2,1-7H3;3*1,3-4H2,2H3;/t18-;;;;/m0..../s1. The second-order valence-electron chi connectivity index (χ2n) is 12.1. The molecule has 0 spiro atoms. The zero-order chi connectivity index (χ0) is 27.4. The molecule has 0 heterocycles. The minimum absolute atomic E-state index is 0.0131. The Morgan fingerprint density at radius 2 is 1.28 bits per heavy atom. The first-order valence-electron chi connectivity index (χ1n) is 15.0. The van der Waals surface area contributed by atoms with E-state index in [1.165, 1.54) is 57.4 Å². The van der Waals surface area contributed by atoms with Crippen molar-refractivity contribution >= 4 is 30.3 Å². The Labute approximate surface area is 230 Å². The molecule has 210 valence electrons. The number of unbranched alkanes of at least 4 members (excludes halogenated alkanes) is 3. The van der Waals surface area contributed by atoms with E-state index in [1.807, 2.05) is 0 Å². The van der Waals surface area contributed by atoms with Crippen LogP contribution in [0, 0.1) is 0 Å². The summed E-state index contributed by atoms with van der Waals surface area (Å²) >= 11 is -2.72. The normalized spacial score (nSPS) is 13.7. The molecule has 0 aliphatic carbocycles. The van der Waals surface area contributed by atoms with Crippen LogP contribution in [0.15, 0.2) is 18.2 Å². The predicted octanol–water partition coefficient (Wildman–Crippen LogP) is 9.02. The van der Waals surface area contributed by atoms with E-state index < -0.39 is 26.7 Å². The van der Waals surface area contributed by atoms with Crippen molar-refractivity contribution in [1.29, 1.82) is 0 Å². The van der Waals surface area contributed by atoms with E-state index in [0.717, 1.165) is 5.75 Å². The fourth-order valence-electron chi connectivity index (χ4n) is 6.80. The first-order chi connectivity index (χ1) is 17.1. The molecule has 0 unspecified atom stereocenters. The number of aliphatic hydroxyl groups excluding tert-OH is 1. The molecule has 0 saturated heterocycles. The Hall–Kier alpha value is -0.0444. The number of ether oxygens (including phenoxy) is 1. The van der Waals surface area contributed by atoms with Gasteiger partial charge in [0.25, 0.3) is 0 Å². The number of hydrogen-bond acceptors (Lipinski definition) is 3. The summed E-state index contributed by atoms with van der Waals surface area (Å²) in [5.74, 6) is 0.924. The summed E-state index contributed by atoms with van der Waals surface area (Å²) in [6, 6.07) is 6.88. The van der Waals surface area contributed by atoms with Gasteiger partial charge in [0.2, 0.25) is 0 Å². The van der Waals surface area contributed by atoms with Crippen molar-refractivity contribution < 1.29 is 14.3 Å². The molecule has 0 radical (unpaired) electrons. The van der Waals surface area contributed by atoms with E-state index in [-0.39, 0.29) is 12.5 Å². The summed E-state index contributed by atoms with van der Waals surface area (Å²) in [5.41, 5.74) is 2.96. The molecular weight excluding hydrogens is 567 g/mol. The van der Waals surface area contributed by atoms with Crippen LogP contribution >= 0.6 is 0 Å². The van der Waals surface area contributed by atoms with Crippen LogP contribution in [-0.4, -0.2) is 52.1 Å². The third-order valence-corrected chi connectivity index (χ3v) is 30.6. The van der Waals surface area contributed by atoms with E-state index in [9.17, 15) is 5.11 Å². The van der Waals surface area contributed by atoms with E-state index >= 15 is 0 Å². The molecule has 3 nitrogen and oxygen atoms in total. The fourth-order valence-corrected chi connectivity index (χ4v) is 29.3. The summed E-state index contributed by atoms with van der Waals surface area (Å²) in [6.07, 6.45) is 7.79. The second-order valence-corrected chi connectivity index (χ2v) is 30.6. The summed E-state index contributed by atoms with van der Waals surface area (Å²) in [6.45, 7) is 21.8. The molecule has 0 saturated carbocycles. The average molecular weight is 628 g/mol. The third-order valence-electron chi connectivity index (χ3n) is 8.76. The molecule has 36 heavy (non-hydrogen) atoms. The van der Waals surface area contributed by atoms with Crippen molar-refractivity contribution in [2.24, 2.45) is 0 Å². The van der Waals surface area contributed by atoms with Gasteiger partial charge < -0.3 is 0 Å². The van der Waals surface area contributed by atoms with Gasteiger partial charge in [-0.25, -0.2) is 0 Å². The minimum atomic E-state index is -2.72.